The van der Waals surface area contributed by atoms with Gasteiger partial charge in [-0.3, -0.25) is 0 Å². The Morgan fingerprint density at radius 3 is 2.74 bits per heavy atom. The standard InChI is InChI=1S/C20H24ClF3N4O2S/c1-27-11-18(25-13-27)31(29,30)28-10-16-4-2-3-7-19(16,12-28)26-9-14-5-6-15(8-17(14)21)20(22,23)24/h5-6,8,11,13,16,26H,2-4,7,9-10,12H2,1H3/t16-,19+/m1/s1. The number of nitrogens with one attached hydrogen (secondary N) is 1. The second-order valence-corrected chi connectivity index (χ2v) is 10.7. The van der Waals surface area contributed by atoms with Gasteiger partial charge in [-0.2, -0.15) is 17.5 Å². The van der Waals surface area contributed by atoms with Gasteiger partial charge in [0.1, 0.15) is 0 Å². The highest BCUT2D eigenvalue weighted by molar-refractivity contribution is 7.89. The average molecular weight is 477 g/mol. The van der Waals surface area contributed by atoms with Crippen LogP contribution in [0.4, 0.5) is 13.2 Å². The summed E-state index contributed by atoms with van der Waals surface area (Å²) in [6.07, 6.45) is 2.16. The molecular weight excluding hydrogens is 453 g/mol. The fourth-order valence-corrected chi connectivity index (χ4v) is 6.44. The summed E-state index contributed by atoms with van der Waals surface area (Å²) in [6.45, 7) is 0.965. The molecule has 0 radical (unpaired) electrons. The van der Waals surface area contributed by atoms with Crippen molar-refractivity contribution in [1.82, 2.24) is 19.2 Å². The van der Waals surface area contributed by atoms with E-state index < -0.39 is 27.3 Å². The van der Waals surface area contributed by atoms with Gasteiger partial charge in [-0.1, -0.05) is 30.5 Å². The maximum Gasteiger partial charge on any atom is 0.416 e. The molecule has 1 aliphatic heterocycles. The molecule has 2 aromatic rings. The van der Waals surface area contributed by atoms with E-state index in [0.717, 1.165) is 37.8 Å². The zero-order valence-corrected chi connectivity index (χ0v) is 18.6. The lowest BCUT2D eigenvalue weighted by Crippen LogP contribution is -2.53. The third kappa shape index (κ3) is 4.35. The Hall–Kier alpha value is -1.62. The molecule has 6 nitrogen and oxygen atoms in total. The number of hydrogen-bond donors (Lipinski definition) is 1. The van der Waals surface area contributed by atoms with E-state index in [9.17, 15) is 21.6 Å². The summed E-state index contributed by atoms with van der Waals surface area (Å²) < 4.78 is 68.0. The van der Waals surface area contributed by atoms with Crippen LogP contribution in [0.2, 0.25) is 5.02 Å². The summed E-state index contributed by atoms with van der Waals surface area (Å²) in [5.74, 6) is 0.118. The van der Waals surface area contributed by atoms with Crippen LogP contribution in [0.25, 0.3) is 0 Å². The van der Waals surface area contributed by atoms with Crippen molar-refractivity contribution in [1.29, 1.82) is 0 Å². The molecule has 2 fully saturated rings. The molecule has 1 aromatic heterocycles. The van der Waals surface area contributed by atoms with Crippen LogP contribution >= 0.6 is 11.6 Å². The summed E-state index contributed by atoms with van der Waals surface area (Å²) in [4.78, 5) is 4.01. The van der Waals surface area contributed by atoms with Gasteiger partial charge in [0.25, 0.3) is 10.0 Å². The molecule has 31 heavy (non-hydrogen) atoms. The van der Waals surface area contributed by atoms with Crippen LogP contribution in [-0.2, 0) is 29.8 Å². The van der Waals surface area contributed by atoms with Gasteiger partial charge < -0.3 is 9.88 Å². The van der Waals surface area contributed by atoms with Crippen molar-refractivity contribution in [2.24, 2.45) is 13.0 Å². The molecule has 0 amide bonds. The quantitative estimate of drug-likeness (QED) is 0.712. The van der Waals surface area contributed by atoms with E-state index in [1.165, 1.54) is 22.9 Å². The van der Waals surface area contributed by atoms with Crippen molar-refractivity contribution in [2.75, 3.05) is 13.1 Å². The predicted molar refractivity (Wildman–Crippen MR) is 110 cm³/mol. The van der Waals surface area contributed by atoms with E-state index >= 15 is 0 Å². The molecule has 2 heterocycles. The van der Waals surface area contributed by atoms with E-state index in [1.54, 1.807) is 11.6 Å². The number of nitrogens with zero attached hydrogens (tertiary/aromatic N) is 3. The van der Waals surface area contributed by atoms with Crippen molar-refractivity contribution in [3.63, 3.8) is 0 Å². The summed E-state index contributed by atoms with van der Waals surface area (Å²) >= 11 is 6.12. The van der Waals surface area contributed by atoms with Crippen LogP contribution in [0.5, 0.6) is 0 Å². The van der Waals surface area contributed by atoms with Gasteiger partial charge in [-0.25, -0.2) is 13.4 Å². The van der Waals surface area contributed by atoms with Crippen LogP contribution in [0, 0.1) is 5.92 Å². The number of aromatic nitrogens is 2. The topological polar surface area (TPSA) is 67.2 Å². The lowest BCUT2D eigenvalue weighted by molar-refractivity contribution is -0.137. The van der Waals surface area contributed by atoms with Crippen molar-refractivity contribution >= 4 is 21.6 Å². The average Bonchev–Trinajstić information content (AvgIpc) is 3.31. The SMILES string of the molecule is Cn1cnc(S(=O)(=O)N2C[C@H]3CCCC[C@]3(NCc3ccc(C(F)(F)F)cc3Cl)C2)c1. The fourth-order valence-electron chi connectivity index (χ4n) is 4.68. The van der Waals surface area contributed by atoms with Crippen molar-refractivity contribution in [2.45, 2.75) is 49.0 Å². The van der Waals surface area contributed by atoms with Crippen LogP contribution in [0.15, 0.2) is 35.7 Å². The molecule has 1 aliphatic carbocycles. The Balaban J connectivity index is 1.54. The number of alkyl halides is 3. The summed E-state index contributed by atoms with van der Waals surface area (Å²) in [7, 11) is -2.00. The Labute approximate surface area is 184 Å². The minimum absolute atomic E-state index is 0.0228. The highest BCUT2D eigenvalue weighted by atomic mass is 35.5. The molecule has 4 rings (SSSR count). The van der Waals surface area contributed by atoms with E-state index in [0.29, 0.717) is 18.7 Å². The lowest BCUT2D eigenvalue weighted by Gasteiger charge is -2.39. The van der Waals surface area contributed by atoms with Gasteiger partial charge >= 0.3 is 6.18 Å². The van der Waals surface area contributed by atoms with Crippen LogP contribution in [-0.4, -0.2) is 40.9 Å². The van der Waals surface area contributed by atoms with Crippen molar-refractivity contribution in [3.8, 4) is 0 Å². The highest BCUT2D eigenvalue weighted by Gasteiger charge is 2.51. The monoisotopic (exact) mass is 476 g/mol. The first kappa shape index (κ1) is 22.6. The second-order valence-electron chi connectivity index (χ2n) is 8.43. The molecule has 2 aliphatic rings. The molecule has 1 saturated carbocycles. The molecule has 0 unspecified atom stereocenters. The van der Waals surface area contributed by atoms with Gasteiger partial charge in [0, 0.05) is 43.4 Å². The molecule has 170 valence electrons. The number of sulfonamides is 1. The summed E-state index contributed by atoms with van der Waals surface area (Å²) in [6, 6.07) is 3.33. The smallest absolute Gasteiger partial charge is 0.339 e. The predicted octanol–water partition coefficient (Wildman–Crippen LogP) is 3.82. The molecule has 1 N–H and O–H groups in total. The van der Waals surface area contributed by atoms with E-state index in [-0.39, 0.29) is 22.5 Å². The highest BCUT2D eigenvalue weighted by Crippen LogP contribution is 2.42. The van der Waals surface area contributed by atoms with Gasteiger partial charge in [0.2, 0.25) is 0 Å². The Bertz CT molecular complexity index is 1070. The third-order valence-corrected chi connectivity index (χ3v) is 8.44. The fraction of sp³-hybridized carbons (Fsp3) is 0.550. The van der Waals surface area contributed by atoms with Gasteiger partial charge in [0.15, 0.2) is 5.03 Å². The lowest BCUT2D eigenvalue weighted by atomic mass is 9.75. The Morgan fingerprint density at radius 1 is 1.32 bits per heavy atom. The first-order chi connectivity index (χ1) is 14.5. The number of halogens is 4. The zero-order chi connectivity index (χ0) is 22.4. The minimum atomic E-state index is -4.45. The summed E-state index contributed by atoms with van der Waals surface area (Å²) in [5, 5.41) is 3.54. The Morgan fingerprint density at radius 2 is 2.10 bits per heavy atom. The number of aryl methyl sites for hydroxylation is 1. The van der Waals surface area contributed by atoms with E-state index in [2.05, 4.69) is 10.3 Å². The molecule has 0 bridgehead atoms. The van der Waals surface area contributed by atoms with E-state index in [4.69, 9.17) is 11.6 Å². The third-order valence-electron chi connectivity index (χ3n) is 6.39. The molecule has 2 atom stereocenters. The van der Waals surface area contributed by atoms with Gasteiger partial charge in [-0.15, -0.1) is 0 Å². The number of hydrogen-bond acceptors (Lipinski definition) is 4. The molecule has 1 aromatic carbocycles. The summed E-state index contributed by atoms with van der Waals surface area (Å²) in [5.41, 5.74) is -0.672. The molecule has 0 spiro atoms. The molecule has 1 saturated heterocycles. The number of rotatable bonds is 5. The Kier molecular flexibility index (Phi) is 5.87. The maximum absolute atomic E-state index is 13.1. The first-order valence-corrected chi connectivity index (χ1v) is 11.9. The molecule has 11 heteroatoms. The van der Waals surface area contributed by atoms with Crippen molar-refractivity contribution < 1.29 is 21.6 Å². The second kappa shape index (κ2) is 8.06. The van der Waals surface area contributed by atoms with Crippen LogP contribution < -0.4 is 5.32 Å². The number of imidazole rings is 1. The van der Waals surface area contributed by atoms with Gasteiger partial charge in [0.05, 0.1) is 11.9 Å². The number of fused-ring (bicyclic) bond motifs is 1. The molecular formula is C20H24ClF3N4O2S. The van der Waals surface area contributed by atoms with Crippen molar-refractivity contribution in [3.05, 3.63) is 46.9 Å². The van der Waals surface area contributed by atoms with E-state index in [1.807, 2.05) is 0 Å². The van der Waals surface area contributed by atoms with Gasteiger partial charge in [-0.05, 0) is 36.5 Å². The largest absolute Gasteiger partial charge is 0.416 e. The maximum atomic E-state index is 13.1. The van der Waals surface area contributed by atoms with Crippen LogP contribution in [0.1, 0.15) is 36.8 Å². The normalized spacial score (nSPS) is 25.0. The van der Waals surface area contributed by atoms with Crippen LogP contribution in [0.3, 0.4) is 0 Å². The first-order valence-electron chi connectivity index (χ1n) is 10.1. The minimum Gasteiger partial charge on any atom is -0.339 e. The zero-order valence-electron chi connectivity index (χ0n) is 17.0. The number of benzene rings is 1.